The number of carbonyl (C=O) groups excluding carboxylic acids is 2. The van der Waals surface area contributed by atoms with E-state index in [9.17, 15) is 14.7 Å². The minimum absolute atomic E-state index is 0.150. The van der Waals surface area contributed by atoms with Crippen LogP contribution in [0.15, 0.2) is 48.8 Å². The minimum atomic E-state index is -0.948. The molecule has 2 aromatic rings. The zero-order valence-corrected chi connectivity index (χ0v) is 13.8. The van der Waals surface area contributed by atoms with Gasteiger partial charge in [-0.05, 0) is 35.9 Å². The second-order valence-corrected chi connectivity index (χ2v) is 5.96. The first-order chi connectivity index (χ1) is 12.0. The molecule has 1 aromatic carbocycles. The van der Waals surface area contributed by atoms with Gasteiger partial charge in [0.05, 0.1) is 6.04 Å². The molecule has 1 fully saturated rings. The molecule has 1 saturated heterocycles. The van der Waals surface area contributed by atoms with Crippen molar-refractivity contribution in [1.82, 2.24) is 10.3 Å². The molecule has 1 aliphatic heterocycles. The number of carbonyl (C=O) groups is 2. The van der Waals surface area contributed by atoms with Crippen molar-refractivity contribution in [1.29, 1.82) is 0 Å². The number of hydrogen-bond acceptors (Lipinski definition) is 5. The maximum atomic E-state index is 12.3. The Labute approximate surface area is 145 Å². The summed E-state index contributed by atoms with van der Waals surface area (Å²) in [5, 5.41) is 16.4. The van der Waals surface area contributed by atoms with Crippen LogP contribution in [0.25, 0.3) is 0 Å². The van der Waals surface area contributed by atoms with E-state index in [1.807, 2.05) is 12.1 Å². The van der Waals surface area contributed by atoms with E-state index in [1.54, 1.807) is 36.7 Å². The normalized spacial score (nSPS) is 19.9. The largest absolute Gasteiger partial charge is 0.371 e. The van der Waals surface area contributed by atoms with Gasteiger partial charge in [0.15, 0.2) is 0 Å². The summed E-state index contributed by atoms with van der Waals surface area (Å²) in [7, 11) is 0. The summed E-state index contributed by atoms with van der Waals surface area (Å²) in [6.07, 6.45) is 2.71. The van der Waals surface area contributed by atoms with Gasteiger partial charge in [0.1, 0.15) is 6.23 Å². The summed E-state index contributed by atoms with van der Waals surface area (Å²) in [4.78, 5) is 28.8. The molecule has 3 rings (SSSR count). The van der Waals surface area contributed by atoms with Crippen LogP contribution >= 0.6 is 0 Å². The minimum Gasteiger partial charge on any atom is -0.371 e. The number of rotatable bonds is 5. The van der Waals surface area contributed by atoms with Crippen LogP contribution in [-0.4, -0.2) is 34.2 Å². The molecule has 0 spiro atoms. The first-order valence-electron chi connectivity index (χ1n) is 8.04. The van der Waals surface area contributed by atoms with Crippen molar-refractivity contribution in [3.63, 3.8) is 0 Å². The molecule has 0 radical (unpaired) electrons. The van der Waals surface area contributed by atoms with Crippen molar-refractivity contribution in [2.24, 2.45) is 0 Å². The molecule has 0 aliphatic carbocycles. The number of aliphatic hydroxyl groups excluding tert-OH is 1. The lowest BCUT2D eigenvalue weighted by atomic mass is 10.2. The third kappa shape index (κ3) is 4.01. The molecule has 2 unspecified atom stereocenters. The van der Waals surface area contributed by atoms with Gasteiger partial charge in [-0.15, -0.1) is 0 Å². The van der Waals surface area contributed by atoms with E-state index in [-0.39, 0.29) is 24.3 Å². The summed E-state index contributed by atoms with van der Waals surface area (Å²) in [5.74, 6) is -0.312. The highest BCUT2D eigenvalue weighted by molar-refractivity contribution is 5.97. The maximum absolute atomic E-state index is 12.3. The molecule has 2 heterocycles. The van der Waals surface area contributed by atoms with Gasteiger partial charge in [-0.1, -0.05) is 6.07 Å². The van der Waals surface area contributed by atoms with Crippen LogP contribution in [0.1, 0.15) is 18.9 Å². The van der Waals surface area contributed by atoms with Crippen molar-refractivity contribution in [3.05, 3.63) is 54.4 Å². The zero-order valence-electron chi connectivity index (χ0n) is 13.8. The van der Waals surface area contributed by atoms with E-state index in [0.717, 1.165) is 5.56 Å². The van der Waals surface area contributed by atoms with Crippen molar-refractivity contribution >= 4 is 23.2 Å². The number of nitrogens with zero attached hydrogens (tertiary/aromatic N) is 2. The fourth-order valence-electron chi connectivity index (χ4n) is 2.85. The van der Waals surface area contributed by atoms with E-state index >= 15 is 0 Å². The number of pyridine rings is 1. The van der Waals surface area contributed by atoms with Crippen molar-refractivity contribution < 1.29 is 14.7 Å². The number of aliphatic hydroxyl groups is 1. The van der Waals surface area contributed by atoms with Crippen LogP contribution in [-0.2, 0) is 16.1 Å². The van der Waals surface area contributed by atoms with Gasteiger partial charge in [-0.2, -0.15) is 0 Å². The summed E-state index contributed by atoms with van der Waals surface area (Å²) in [6, 6.07) is 10.2. The summed E-state index contributed by atoms with van der Waals surface area (Å²) >= 11 is 0. The Morgan fingerprint density at radius 1 is 1.32 bits per heavy atom. The molecule has 25 heavy (non-hydrogen) atoms. The maximum Gasteiger partial charge on any atom is 0.230 e. The van der Waals surface area contributed by atoms with Crippen LogP contribution in [0.3, 0.4) is 0 Å². The SMILES string of the molecule is CC(=O)Nc1ccc(N2C(=O)CC(NCc3cccnc3)C2O)cc1. The van der Waals surface area contributed by atoms with Gasteiger partial charge in [0.25, 0.3) is 0 Å². The Hall–Kier alpha value is -2.77. The fraction of sp³-hybridized carbons (Fsp3) is 0.278. The molecule has 1 aliphatic rings. The predicted octanol–water partition coefficient (Wildman–Crippen LogP) is 1.25. The molecular weight excluding hydrogens is 320 g/mol. The van der Waals surface area contributed by atoms with Gasteiger partial charge in [0, 0.05) is 43.7 Å². The molecule has 7 nitrogen and oxygen atoms in total. The van der Waals surface area contributed by atoms with E-state index in [4.69, 9.17) is 0 Å². The first kappa shape index (κ1) is 17.1. The van der Waals surface area contributed by atoms with Crippen LogP contribution < -0.4 is 15.5 Å². The highest BCUT2D eigenvalue weighted by atomic mass is 16.3. The van der Waals surface area contributed by atoms with E-state index in [1.165, 1.54) is 11.8 Å². The summed E-state index contributed by atoms with van der Waals surface area (Å²) < 4.78 is 0. The average Bonchev–Trinajstić information content (AvgIpc) is 2.88. The number of nitrogens with one attached hydrogen (secondary N) is 2. The molecule has 1 aromatic heterocycles. The Kier molecular flexibility index (Phi) is 5.06. The third-order valence-electron chi connectivity index (χ3n) is 4.04. The third-order valence-corrected chi connectivity index (χ3v) is 4.04. The van der Waals surface area contributed by atoms with Gasteiger partial charge in [-0.25, -0.2) is 0 Å². The number of benzene rings is 1. The second-order valence-electron chi connectivity index (χ2n) is 5.96. The summed E-state index contributed by atoms with van der Waals surface area (Å²) in [5.41, 5.74) is 2.22. The van der Waals surface area contributed by atoms with Gasteiger partial charge in [-0.3, -0.25) is 19.5 Å². The summed E-state index contributed by atoms with van der Waals surface area (Å²) in [6.45, 7) is 1.96. The van der Waals surface area contributed by atoms with E-state index in [0.29, 0.717) is 17.9 Å². The van der Waals surface area contributed by atoms with Gasteiger partial charge >= 0.3 is 0 Å². The first-order valence-corrected chi connectivity index (χ1v) is 8.04. The highest BCUT2D eigenvalue weighted by Crippen LogP contribution is 2.27. The molecule has 3 N–H and O–H groups in total. The van der Waals surface area contributed by atoms with Crippen LogP contribution in [0.2, 0.25) is 0 Å². The lowest BCUT2D eigenvalue weighted by Crippen LogP contribution is -2.42. The number of amides is 2. The molecule has 7 heteroatoms. The lowest BCUT2D eigenvalue weighted by molar-refractivity contribution is -0.117. The highest BCUT2D eigenvalue weighted by Gasteiger charge is 2.39. The predicted molar refractivity (Wildman–Crippen MR) is 93.7 cm³/mol. The van der Waals surface area contributed by atoms with Crippen LogP contribution in [0.5, 0.6) is 0 Å². The smallest absolute Gasteiger partial charge is 0.230 e. The topological polar surface area (TPSA) is 94.6 Å². The molecule has 2 amide bonds. The zero-order chi connectivity index (χ0) is 17.8. The fourth-order valence-corrected chi connectivity index (χ4v) is 2.85. The number of aromatic nitrogens is 1. The average molecular weight is 340 g/mol. The van der Waals surface area contributed by atoms with E-state index < -0.39 is 6.23 Å². The molecule has 2 atom stereocenters. The van der Waals surface area contributed by atoms with Crippen molar-refractivity contribution in [2.45, 2.75) is 32.2 Å². The second kappa shape index (κ2) is 7.42. The van der Waals surface area contributed by atoms with Crippen LogP contribution in [0, 0.1) is 0 Å². The Bertz CT molecular complexity index is 749. The lowest BCUT2D eigenvalue weighted by Gasteiger charge is -2.24. The number of anilines is 2. The molecular formula is C18H20N4O3. The standard InChI is InChI=1S/C18H20N4O3/c1-12(23)21-14-4-6-15(7-5-14)22-17(24)9-16(18(22)25)20-11-13-3-2-8-19-10-13/h2-8,10,16,18,20,25H,9,11H2,1H3,(H,21,23). The van der Waals surface area contributed by atoms with Crippen LogP contribution in [0.4, 0.5) is 11.4 Å². The Balaban J connectivity index is 1.66. The molecule has 0 saturated carbocycles. The monoisotopic (exact) mass is 340 g/mol. The van der Waals surface area contributed by atoms with Gasteiger partial charge < -0.3 is 15.7 Å². The van der Waals surface area contributed by atoms with Crippen molar-refractivity contribution in [2.75, 3.05) is 10.2 Å². The molecule has 130 valence electrons. The quantitative estimate of drug-likeness (QED) is 0.762. The Morgan fingerprint density at radius 2 is 2.08 bits per heavy atom. The molecule has 0 bridgehead atoms. The van der Waals surface area contributed by atoms with Gasteiger partial charge in [0.2, 0.25) is 11.8 Å². The van der Waals surface area contributed by atoms with E-state index in [2.05, 4.69) is 15.6 Å². The number of hydrogen-bond donors (Lipinski definition) is 3. The van der Waals surface area contributed by atoms with Crippen molar-refractivity contribution in [3.8, 4) is 0 Å². The Morgan fingerprint density at radius 3 is 2.72 bits per heavy atom.